The average molecular weight is 205 g/mol. The summed E-state index contributed by atoms with van der Waals surface area (Å²) in [6, 6.07) is 4.65. The highest BCUT2D eigenvalue weighted by Gasteiger charge is 2.28. The minimum absolute atomic E-state index is 0.333. The summed E-state index contributed by atoms with van der Waals surface area (Å²) in [6.45, 7) is 6.34. The van der Waals surface area contributed by atoms with Crippen LogP contribution in [0.15, 0.2) is 12.1 Å². The quantitative estimate of drug-likeness (QED) is 0.805. The molecule has 0 spiro atoms. The van der Waals surface area contributed by atoms with E-state index < -0.39 is 0 Å². The smallest absolute Gasteiger partial charge is 0.123 e. The van der Waals surface area contributed by atoms with Crippen LogP contribution in [0.3, 0.4) is 0 Å². The second-order valence-electron chi connectivity index (χ2n) is 4.68. The van der Waals surface area contributed by atoms with Gasteiger partial charge in [-0.15, -0.1) is 0 Å². The van der Waals surface area contributed by atoms with Crippen molar-refractivity contribution in [1.29, 1.82) is 0 Å². The van der Waals surface area contributed by atoms with Crippen LogP contribution in [0.5, 0.6) is 5.75 Å². The molecule has 0 bridgehead atoms. The highest BCUT2D eigenvalue weighted by molar-refractivity contribution is 5.42. The zero-order chi connectivity index (χ0) is 11.0. The van der Waals surface area contributed by atoms with Crippen molar-refractivity contribution in [1.82, 2.24) is 0 Å². The second-order valence-corrected chi connectivity index (χ2v) is 4.68. The molecule has 1 aromatic rings. The molecule has 0 atom stereocenters. The highest BCUT2D eigenvalue weighted by atomic mass is 16.5. The molecule has 0 amide bonds. The Balaban J connectivity index is 2.13. The summed E-state index contributed by atoms with van der Waals surface area (Å²) in [7, 11) is 0. The number of rotatable bonds is 2. The molecule has 0 aromatic heterocycles. The number of benzene rings is 1. The lowest BCUT2D eigenvalue weighted by Gasteiger charge is -2.33. The number of hydrogen-bond donors (Lipinski definition) is 1. The standard InChI is InChI=1S/C13H19NO/c1-8-4-9(2)10(3)13(5-8)15-12-6-11(14)7-12/h4-5,11-12H,6-7,14H2,1-3H3. The van der Waals surface area contributed by atoms with Crippen LogP contribution in [0.25, 0.3) is 0 Å². The van der Waals surface area contributed by atoms with E-state index in [0.29, 0.717) is 12.1 Å². The lowest BCUT2D eigenvalue weighted by atomic mass is 9.90. The maximum atomic E-state index is 5.93. The Hall–Kier alpha value is -1.02. The molecule has 2 nitrogen and oxygen atoms in total. The van der Waals surface area contributed by atoms with E-state index in [1.165, 1.54) is 16.7 Å². The first-order chi connectivity index (χ1) is 7.06. The van der Waals surface area contributed by atoms with Gasteiger partial charge in [-0.1, -0.05) is 6.07 Å². The van der Waals surface area contributed by atoms with E-state index in [1.807, 2.05) is 0 Å². The number of aryl methyl sites for hydroxylation is 2. The van der Waals surface area contributed by atoms with Crippen LogP contribution >= 0.6 is 0 Å². The van der Waals surface area contributed by atoms with Gasteiger partial charge in [-0.2, -0.15) is 0 Å². The van der Waals surface area contributed by atoms with Crippen LogP contribution in [0.4, 0.5) is 0 Å². The maximum absolute atomic E-state index is 5.93. The minimum atomic E-state index is 0.333. The average Bonchev–Trinajstić information content (AvgIpc) is 2.10. The van der Waals surface area contributed by atoms with Crippen molar-refractivity contribution in [3.63, 3.8) is 0 Å². The molecule has 0 aliphatic heterocycles. The predicted octanol–water partition coefficient (Wildman–Crippen LogP) is 2.48. The van der Waals surface area contributed by atoms with E-state index in [-0.39, 0.29) is 0 Å². The molecule has 15 heavy (non-hydrogen) atoms. The first-order valence-corrected chi connectivity index (χ1v) is 5.56. The van der Waals surface area contributed by atoms with Crippen molar-refractivity contribution < 1.29 is 4.74 Å². The largest absolute Gasteiger partial charge is 0.490 e. The number of hydrogen-bond acceptors (Lipinski definition) is 2. The molecule has 2 rings (SSSR count). The normalized spacial score (nSPS) is 24.8. The Bertz CT molecular complexity index is 367. The third kappa shape index (κ3) is 2.15. The van der Waals surface area contributed by atoms with Gasteiger partial charge < -0.3 is 10.5 Å². The van der Waals surface area contributed by atoms with Gasteiger partial charge in [0.25, 0.3) is 0 Å². The maximum Gasteiger partial charge on any atom is 0.123 e. The Labute approximate surface area is 91.4 Å². The molecule has 1 aromatic carbocycles. The van der Waals surface area contributed by atoms with E-state index in [4.69, 9.17) is 10.5 Å². The summed E-state index contributed by atoms with van der Waals surface area (Å²) >= 11 is 0. The number of nitrogens with two attached hydrogens (primary N) is 1. The van der Waals surface area contributed by atoms with Crippen LogP contribution in [0.2, 0.25) is 0 Å². The molecule has 0 heterocycles. The van der Waals surface area contributed by atoms with Gasteiger partial charge in [0.15, 0.2) is 0 Å². The zero-order valence-electron chi connectivity index (χ0n) is 9.71. The van der Waals surface area contributed by atoms with Gasteiger partial charge in [0.05, 0.1) is 0 Å². The number of ether oxygens (including phenoxy) is 1. The monoisotopic (exact) mass is 205 g/mol. The Morgan fingerprint density at radius 1 is 1.20 bits per heavy atom. The minimum Gasteiger partial charge on any atom is -0.490 e. The molecule has 1 aliphatic rings. The summed E-state index contributed by atoms with van der Waals surface area (Å²) < 4.78 is 5.93. The van der Waals surface area contributed by atoms with Crippen LogP contribution in [0.1, 0.15) is 29.5 Å². The van der Waals surface area contributed by atoms with Crippen LogP contribution in [0, 0.1) is 20.8 Å². The predicted molar refractivity (Wildman–Crippen MR) is 62.3 cm³/mol. The van der Waals surface area contributed by atoms with Crippen LogP contribution in [-0.4, -0.2) is 12.1 Å². The van der Waals surface area contributed by atoms with Crippen molar-refractivity contribution in [3.8, 4) is 5.75 Å². The first kappa shape index (κ1) is 10.5. The lowest BCUT2D eigenvalue weighted by Crippen LogP contribution is -2.43. The molecular weight excluding hydrogens is 186 g/mol. The fourth-order valence-electron chi connectivity index (χ4n) is 2.01. The molecule has 1 saturated carbocycles. The Morgan fingerprint density at radius 2 is 1.87 bits per heavy atom. The van der Waals surface area contributed by atoms with Crippen LogP contribution in [-0.2, 0) is 0 Å². The molecule has 0 saturated heterocycles. The van der Waals surface area contributed by atoms with Gasteiger partial charge >= 0.3 is 0 Å². The third-order valence-corrected chi connectivity index (χ3v) is 3.19. The Morgan fingerprint density at radius 3 is 2.47 bits per heavy atom. The summed E-state index contributed by atoms with van der Waals surface area (Å²) in [5, 5.41) is 0. The fourth-order valence-corrected chi connectivity index (χ4v) is 2.01. The molecule has 82 valence electrons. The lowest BCUT2D eigenvalue weighted by molar-refractivity contribution is 0.0999. The highest BCUT2D eigenvalue weighted by Crippen LogP contribution is 2.29. The second kappa shape index (κ2) is 3.86. The molecule has 2 heteroatoms. The first-order valence-electron chi connectivity index (χ1n) is 5.56. The van der Waals surface area contributed by atoms with Gasteiger partial charge in [-0.05, 0) is 56.4 Å². The van der Waals surface area contributed by atoms with Gasteiger partial charge in [-0.3, -0.25) is 0 Å². The van der Waals surface area contributed by atoms with Gasteiger partial charge in [0.1, 0.15) is 11.9 Å². The van der Waals surface area contributed by atoms with Crippen LogP contribution < -0.4 is 10.5 Å². The van der Waals surface area contributed by atoms with Gasteiger partial charge in [0, 0.05) is 6.04 Å². The van der Waals surface area contributed by atoms with Gasteiger partial charge in [0.2, 0.25) is 0 Å². The molecule has 0 unspecified atom stereocenters. The topological polar surface area (TPSA) is 35.2 Å². The zero-order valence-corrected chi connectivity index (χ0v) is 9.71. The van der Waals surface area contributed by atoms with Crippen molar-refractivity contribution in [2.24, 2.45) is 5.73 Å². The van der Waals surface area contributed by atoms with E-state index in [2.05, 4.69) is 32.9 Å². The van der Waals surface area contributed by atoms with E-state index >= 15 is 0 Å². The summed E-state index contributed by atoms with van der Waals surface area (Å²) in [5.41, 5.74) is 9.55. The van der Waals surface area contributed by atoms with Crippen molar-refractivity contribution >= 4 is 0 Å². The molecule has 2 N–H and O–H groups in total. The molecular formula is C13H19NO. The fraction of sp³-hybridized carbons (Fsp3) is 0.538. The van der Waals surface area contributed by atoms with Crippen molar-refractivity contribution in [2.75, 3.05) is 0 Å². The Kier molecular flexibility index (Phi) is 2.70. The summed E-state index contributed by atoms with van der Waals surface area (Å²) in [6.07, 6.45) is 2.32. The van der Waals surface area contributed by atoms with E-state index in [1.54, 1.807) is 0 Å². The summed E-state index contributed by atoms with van der Waals surface area (Å²) in [4.78, 5) is 0. The van der Waals surface area contributed by atoms with Gasteiger partial charge in [-0.25, -0.2) is 0 Å². The third-order valence-electron chi connectivity index (χ3n) is 3.19. The van der Waals surface area contributed by atoms with Crippen molar-refractivity contribution in [2.45, 2.75) is 45.8 Å². The SMILES string of the molecule is Cc1cc(C)c(C)c(OC2CC(N)C2)c1. The summed E-state index contributed by atoms with van der Waals surface area (Å²) in [5.74, 6) is 1.03. The van der Waals surface area contributed by atoms with Crippen molar-refractivity contribution in [3.05, 3.63) is 28.8 Å². The van der Waals surface area contributed by atoms with E-state index in [0.717, 1.165) is 18.6 Å². The molecule has 1 fully saturated rings. The molecule has 0 radical (unpaired) electrons. The van der Waals surface area contributed by atoms with E-state index in [9.17, 15) is 0 Å². The molecule has 1 aliphatic carbocycles.